The number of amides is 1. The molecule has 10 heteroatoms. The standard InChI is InChI=1S/C12H21F3N2O4S/c1-11(2,3)21-10(18)17-6-4-9(5-7-17)8-16-22(19,20)12(13,14)15/h9,16H,4-8H2,1-3H3. The third kappa shape index (κ3) is 5.64. The van der Waals surface area contributed by atoms with E-state index in [9.17, 15) is 26.4 Å². The fraction of sp³-hybridized carbons (Fsp3) is 0.917. The molecule has 0 atom stereocenters. The smallest absolute Gasteiger partial charge is 0.444 e. The predicted octanol–water partition coefficient (Wildman–Crippen LogP) is 2.07. The Morgan fingerprint density at radius 3 is 2.14 bits per heavy atom. The molecule has 1 fully saturated rings. The highest BCUT2D eigenvalue weighted by atomic mass is 32.2. The van der Waals surface area contributed by atoms with E-state index in [0.29, 0.717) is 25.9 Å². The topological polar surface area (TPSA) is 75.7 Å². The number of nitrogens with zero attached hydrogens (tertiary/aromatic N) is 1. The zero-order valence-corrected chi connectivity index (χ0v) is 13.6. The van der Waals surface area contributed by atoms with Crippen LogP contribution < -0.4 is 4.72 Å². The summed E-state index contributed by atoms with van der Waals surface area (Å²) in [5.74, 6) is -0.240. The summed E-state index contributed by atoms with van der Waals surface area (Å²) < 4.78 is 65.1. The van der Waals surface area contributed by atoms with E-state index in [0.717, 1.165) is 0 Å². The van der Waals surface area contributed by atoms with E-state index >= 15 is 0 Å². The average molecular weight is 346 g/mol. The number of piperidine rings is 1. The highest BCUT2D eigenvalue weighted by molar-refractivity contribution is 7.90. The molecule has 1 aliphatic rings. The van der Waals surface area contributed by atoms with Crippen molar-refractivity contribution in [2.75, 3.05) is 19.6 Å². The SMILES string of the molecule is CC(C)(C)OC(=O)N1CCC(CNS(=O)(=O)C(F)(F)F)CC1. The van der Waals surface area contributed by atoms with Crippen molar-refractivity contribution in [2.45, 2.75) is 44.7 Å². The zero-order valence-electron chi connectivity index (χ0n) is 12.7. The van der Waals surface area contributed by atoms with E-state index < -0.39 is 27.2 Å². The van der Waals surface area contributed by atoms with Gasteiger partial charge in [0, 0.05) is 19.6 Å². The molecule has 0 aromatic heterocycles. The van der Waals surface area contributed by atoms with E-state index in [1.165, 1.54) is 4.90 Å². The number of halogens is 3. The van der Waals surface area contributed by atoms with E-state index in [2.05, 4.69) is 0 Å². The molecule has 1 aliphatic heterocycles. The quantitative estimate of drug-likeness (QED) is 0.849. The van der Waals surface area contributed by atoms with Gasteiger partial charge in [-0.15, -0.1) is 0 Å². The second-order valence-electron chi connectivity index (χ2n) is 6.21. The van der Waals surface area contributed by atoms with Gasteiger partial charge in [0.25, 0.3) is 0 Å². The normalized spacial score (nSPS) is 18.4. The van der Waals surface area contributed by atoms with Gasteiger partial charge in [-0.3, -0.25) is 0 Å². The summed E-state index contributed by atoms with van der Waals surface area (Å²) in [6.07, 6.45) is 0.362. The van der Waals surface area contributed by atoms with Gasteiger partial charge in [0.05, 0.1) is 0 Å². The molecular weight excluding hydrogens is 325 g/mol. The number of alkyl halides is 3. The van der Waals surface area contributed by atoms with Crippen LogP contribution in [0.15, 0.2) is 0 Å². The lowest BCUT2D eigenvalue weighted by molar-refractivity contribution is -0.0449. The first-order valence-electron chi connectivity index (χ1n) is 6.86. The average Bonchev–Trinajstić information content (AvgIpc) is 2.33. The van der Waals surface area contributed by atoms with Gasteiger partial charge in [-0.2, -0.15) is 13.2 Å². The first-order valence-corrected chi connectivity index (χ1v) is 8.34. The highest BCUT2D eigenvalue weighted by Crippen LogP contribution is 2.23. The van der Waals surface area contributed by atoms with Crippen LogP contribution in [-0.4, -0.2) is 50.2 Å². The van der Waals surface area contributed by atoms with E-state index in [1.54, 1.807) is 25.5 Å². The molecule has 1 saturated heterocycles. The first kappa shape index (κ1) is 19.0. The van der Waals surface area contributed by atoms with E-state index in [-0.39, 0.29) is 12.5 Å². The number of sulfonamides is 1. The fourth-order valence-electron chi connectivity index (χ4n) is 1.96. The Morgan fingerprint density at radius 1 is 1.23 bits per heavy atom. The summed E-state index contributed by atoms with van der Waals surface area (Å²) in [5.41, 5.74) is -5.92. The van der Waals surface area contributed by atoms with Crippen molar-refractivity contribution < 1.29 is 31.1 Å². The molecule has 1 heterocycles. The van der Waals surface area contributed by atoms with Crippen molar-refractivity contribution in [1.82, 2.24) is 9.62 Å². The number of hydrogen-bond donors (Lipinski definition) is 1. The summed E-state index contributed by atoms with van der Waals surface area (Å²) in [6.45, 7) is 5.58. The second kappa shape index (κ2) is 6.61. The molecule has 130 valence electrons. The third-order valence-corrected chi connectivity index (χ3v) is 4.29. The van der Waals surface area contributed by atoms with Gasteiger partial charge in [0.15, 0.2) is 0 Å². The molecule has 0 radical (unpaired) electrons. The number of carbonyl (C=O) groups excluding carboxylic acids is 1. The van der Waals surface area contributed by atoms with Crippen LogP contribution in [-0.2, 0) is 14.8 Å². The Morgan fingerprint density at radius 2 is 1.73 bits per heavy atom. The van der Waals surface area contributed by atoms with E-state index in [1.807, 2.05) is 0 Å². The first-order chi connectivity index (χ1) is 9.82. The Hall–Kier alpha value is -1.03. The maximum atomic E-state index is 12.2. The van der Waals surface area contributed by atoms with Crippen LogP contribution in [0.4, 0.5) is 18.0 Å². The number of hydrogen-bond acceptors (Lipinski definition) is 4. The van der Waals surface area contributed by atoms with Crippen molar-refractivity contribution >= 4 is 16.1 Å². The van der Waals surface area contributed by atoms with E-state index in [4.69, 9.17) is 4.74 Å². The van der Waals surface area contributed by atoms with Crippen LogP contribution in [0.3, 0.4) is 0 Å². The van der Waals surface area contributed by atoms with Crippen molar-refractivity contribution in [2.24, 2.45) is 5.92 Å². The second-order valence-corrected chi connectivity index (χ2v) is 7.97. The van der Waals surface area contributed by atoms with Gasteiger partial charge in [0.1, 0.15) is 5.60 Å². The molecule has 1 N–H and O–H groups in total. The number of carbonyl (C=O) groups is 1. The van der Waals surface area contributed by atoms with Gasteiger partial charge in [0.2, 0.25) is 0 Å². The van der Waals surface area contributed by atoms with Crippen molar-refractivity contribution in [1.29, 1.82) is 0 Å². The molecular formula is C12H21F3N2O4S. The maximum Gasteiger partial charge on any atom is 0.511 e. The van der Waals surface area contributed by atoms with Crippen molar-refractivity contribution in [3.8, 4) is 0 Å². The summed E-state index contributed by atoms with van der Waals surface area (Å²) >= 11 is 0. The minimum absolute atomic E-state index is 0.240. The van der Waals surface area contributed by atoms with Gasteiger partial charge < -0.3 is 9.64 Å². The summed E-state index contributed by atoms with van der Waals surface area (Å²) in [5, 5.41) is 0. The van der Waals surface area contributed by atoms with Gasteiger partial charge in [-0.1, -0.05) is 0 Å². The fourth-order valence-corrected chi connectivity index (χ4v) is 2.57. The van der Waals surface area contributed by atoms with Crippen LogP contribution in [0.2, 0.25) is 0 Å². The molecule has 0 spiro atoms. The number of nitrogens with one attached hydrogen (secondary N) is 1. The maximum absolute atomic E-state index is 12.2. The van der Waals surface area contributed by atoms with Gasteiger partial charge in [-0.25, -0.2) is 17.9 Å². The van der Waals surface area contributed by atoms with Gasteiger partial charge >= 0.3 is 21.6 Å². The minimum Gasteiger partial charge on any atom is -0.444 e. The number of rotatable bonds is 3. The Bertz CT molecular complexity index is 491. The van der Waals surface area contributed by atoms with Crippen LogP contribution >= 0.6 is 0 Å². The lowest BCUT2D eigenvalue weighted by Crippen LogP contribution is -2.45. The van der Waals surface area contributed by atoms with Crippen molar-refractivity contribution in [3.63, 3.8) is 0 Å². The lowest BCUT2D eigenvalue weighted by Gasteiger charge is -2.33. The highest BCUT2D eigenvalue weighted by Gasteiger charge is 2.45. The van der Waals surface area contributed by atoms with Crippen LogP contribution in [0, 0.1) is 5.92 Å². The van der Waals surface area contributed by atoms with Crippen LogP contribution in [0.5, 0.6) is 0 Å². The Balaban J connectivity index is 2.42. The molecule has 0 aromatic carbocycles. The lowest BCUT2D eigenvalue weighted by atomic mass is 9.97. The van der Waals surface area contributed by atoms with Gasteiger partial charge in [-0.05, 0) is 39.5 Å². The molecule has 1 rings (SSSR count). The largest absolute Gasteiger partial charge is 0.511 e. The Labute approximate surface area is 128 Å². The molecule has 0 aromatic rings. The summed E-state index contributed by atoms with van der Waals surface area (Å²) in [4.78, 5) is 13.3. The molecule has 22 heavy (non-hydrogen) atoms. The zero-order chi connectivity index (χ0) is 17.2. The summed E-state index contributed by atoms with van der Waals surface area (Å²) in [7, 11) is -5.31. The van der Waals surface area contributed by atoms with Crippen molar-refractivity contribution in [3.05, 3.63) is 0 Å². The number of ether oxygens (including phenoxy) is 1. The third-order valence-electron chi connectivity index (χ3n) is 3.13. The Kier molecular flexibility index (Phi) is 5.71. The molecule has 0 unspecified atom stereocenters. The van der Waals surface area contributed by atoms with Crippen LogP contribution in [0.25, 0.3) is 0 Å². The molecule has 0 bridgehead atoms. The monoisotopic (exact) mass is 346 g/mol. The van der Waals surface area contributed by atoms with Crippen LogP contribution in [0.1, 0.15) is 33.6 Å². The number of likely N-dealkylation sites (tertiary alicyclic amines) is 1. The minimum atomic E-state index is -5.31. The predicted molar refractivity (Wildman–Crippen MR) is 73.5 cm³/mol. The summed E-state index contributed by atoms with van der Waals surface area (Å²) in [6, 6.07) is 0. The molecule has 1 amide bonds. The molecule has 0 saturated carbocycles. The molecule has 0 aliphatic carbocycles. The molecule has 6 nitrogen and oxygen atoms in total.